The van der Waals surface area contributed by atoms with Crippen LogP contribution in [0.4, 0.5) is 0 Å². The molecule has 0 aliphatic heterocycles. The predicted octanol–water partition coefficient (Wildman–Crippen LogP) is 2.64. The normalized spacial score (nSPS) is 11.3. The lowest BCUT2D eigenvalue weighted by atomic mass is 9.88. The number of hydrogen-bond acceptors (Lipinski definition) is 6. The fourth-order valence-corrected chi connectivity index (χ4v) is 2.22. The van der Waals surface area contributed by atoms with Crippen LogP contribution in [0.25, 0.3) is 0 Å². The highest BCUT2D eigenvalue weighted by atomic mass is 16.5. The molecule has 24 heavy (non-hydrogen) atoms. The molecular weight excluding hydrogens is 310 g/mol. The van der Waals surface area contributed by atoms with Crippen molar-refractivity contribution in [1.82, 2.24) is 0 Å². The Balaban J connectivity index is 2.29. The van der Waals surface area contributed by atoms with E-state index in [1.54, 1.807) is 25.1 Å². The van der Waals surface area contributed by atoms with Gasteiger partial charge in [0.15, 0.2) is 11.5 Å². The predicted molar refractivity (Wildman–Crippen MR) is 83.2 cm³/mol. The maximum atomic E-state index is 12.4. The highest BCUT2D eigenvalue weighted by molar-refractivity contribution is 6.36. The van der Waals surface area contributed by atoms with Gasteiger partial charge >= 0.3 is 5.97 Å². The van der Waals surface area contributed by atoms with Gasteiger partial charge in [-0.15, -0.1) is 0 Å². The highest BCUT2D eigenvalue weighted by Crippen LogP contribution is 2.24. The number of benzene rings is 1. The summed E-state index contributed by atoms with van der Waals surface area (Å²) in [5, 5.41) is 8.85. The maximum absolute atomic E-state index is 12.4. The van der Waals surface area contributed by atoms with Gasteiger partial charge in [-0.2, -0.15) is 5.26 Å². The summed E-state index contributed by atoms with van der Waals surface area (Å²) in [6.45, 7) is 1.66. The van der Waals surface area contributed by atoms with E-state index in [1.807, 2.05) is 6.07 Å². The Labute approximate surface area is 138 Å². The van der Waals surface area contributed by atoms with E-state index in [-0.39, 0.29) is 18.8 Å². The first-order valence-corrected chi connectivity index (χ1v) is 7.34. The van der Waals surface area contributed by atoms with Crippen LogP contribution < -0.4 is 0 Å². The van der Waals surface area contributed by atoms with Gasteiger partial charge in [0.2, 0.25) is 5.78 Å². The average Bonchev–Trinajstić information content (AvgIpc) is 3.14. The van der Waals surface area contributed by atoms with Crippen molar-refractivity contribution in [3.05, 3.63) is 59.5 Å². The Hall–Kier alpha value is -3.20. The number of rotatable bonds is 7. The molecule has 2 aromatic rings. The molecule has 0 saturated carbocycles. The molecule has 0 saturated heterocycles. The third-order valence-corrected chi connectivity index (χ3v) is 3.42. The lowest BCUT2D eigenvalue weighted by Gasteiger charge is -2.14. The Morgan fingerprint density at radius 3 is 2.46 bits per heavy atom. The van der Waals surface area contributed by atoms with E-state index in [0.717, 1.165) is 0 Å². The number of ether oxygens (including phenoxy) is 1. The summed E-state index contributed by atoms with van der Waals surface area (Å²) in [6.07, 6.45) is 1.13. The average molecular weight is 325 g/mol. The van der Waals surface area contributed by atoms with Gasteiger partial charge in [-0.1, -0.05) is 12.1 Å². The maximum Gasteiger partial charge on any atom is 0.375 e. The van der Waals surface area contributed by atoms with Gasteiger partial charge in [-0.05, 0) is 36.8 Å². The summed E-state index contributed by atoms with van der Waals surface area (Å²) >= 11 is 0. The largest absolute Gasteiger partial charge is 0.461 e. The van der Waals surface area contributed by atoms with Crippen molar-refractivity contribution in [2.45, 2.75) is 19.3 Å². The van der Waals surface area contributed by atoms with E-state index in [9.17, 15) is 14.4 Å². The molecule has 6 heteroatoms. The molecule has 1 aromatic carbocycles. The van der Waals surface area contributed by atoms with Gasteiger partial charge in [0.05, 0.1) is 30.4 Å². The number of carbonyl (C=O) groups excluding carboxylic acids is 3. The zero-order chi connectivity index (χ0) is 17.5. The van der Waals surface area contributed by atoms with Crippen molar-refractivity contribution in [3.8, 4) is 6.07 Å². The van der Waals surface area contributed by atoms with Crippen LogP contribution in [-0.4, -0.2) is 24.1 Å². The van der Waals surface area contributed by atoms with Crippen molar-refractivity contribution in [2.24, 2.45) is 0 Å². The second-order valence-electron chi connectivity index (χ2n) is 4.98. The number of esters is 1. The van der Waals surface area contributed by atoms with E-state index in [2.05, 4.69) is 0 Å². The van der Waals surface area contributed by atoms with Crippen LogP contribution in [0, 0.1) is 11.3 Å². The molecule has 0 spiro atoms. The van der Waals surface area contributed by atoms with E-state index in [0.29, 0.717) is 11.1 Å². The third kappa shape index (κ3) is 3.96. The zero-order valence-electron chi connectivity index (χ0n) is 13.0. The van der Waals surface area contributed by atoms with Gasteiger partial charge in [0.25, 0.3) is 0 Å². The lowest BCUT2D eigenvalue weighted by molar-refractivity contribution is -0.154. The fraction of sp³-hybridized carbons (Fsp3) is 0.222. The smallest absolute Gasteiger partial charge is 0.375 e. The van der Waals surface area contributed by atoms with Crippen molar-refractivity contribution in [1.29, 1.82) is 5.26 Å². The first-order valence-electron chi connectivity index (χ1n) is 7.34. The van der Waals surface area contributed by atoms with Crippen molar-refractivity contribution < 1.29 is 23.5 Å². The second-order valence-corrected chi connectivity index (χ2v) is 4.98. The van der Waals surface area contributed by atoms with Crippen LogP contribution in [0.2, 0.25) is 0 Å². The molecule has 0 bridgehead atoms. The Morgan fingerprint density at radius 1 is 1.21 bits per heavy atom. The van der Waals surface area contributed by atoms with Gasteiger partial charge < -0.3 is 9.15 Å². The van der Waals surface area contributed by atoms with Crippen LogP contribution >= 0.6 is 0 Å². The minimum absolute atomic E-state index is 0.0663. The molecule has 0 radical (unpaired) electrons. The molecule has 0 N–H and O–H groups in total. The summed E-state index contributed by atoms with van der Waals surface area (Å²) in [4.78, 5) is 36.4. The lowest BCUT2D eigenvalue weighted by Crippen LogP contribution is -2.26. The third-order valence-electron chi connectivity index (χ3n) is 3.42. The molecule has 0 aliphatic carbocycles. The standard InChI is InChI=1S/C18H15NO5/c1-2-23-18(22)17(21)14(10-15(20)16-4-3-9-24-16)13-7-5-12(11-19)6-8-13/h3-9,14H,2,10H2,1H3. The monoisotopic (exact) mass is 325 g/mol. The fourth-order valence-electron chi connectivity index (χ4n) is 2.22. The molecule has 122 valence electrons. The summed E-state index contributed by atoms with van der Waals surface area (Å²) in [5.74, 6) is -3.06. The van der Waals surface area contributed by atoms with Crippen LogP contribution in [0.15, 0.2) is 47.1 Å². The van der Waals surface area contributed by atoms with Crippen molar-refractivity contribution in [3.63, 3.8) is 0 Å². The number of ketones is 2. The number of Topliss-reactive ketones (excluding diaryl/α,β-unsaturated/α-hetero) is 2. The number of hydrogen-bond donors (Lipinski definition) is 0. The first kappa shape index (κ1) is 17.2. The van der Waals surface area contributed by atoms with Crippen LogP contribution in [0.1, 0.15) is 40.9 Å². The van der Waals surface area contributed by atoms with Crippen molar-refractivity contribution in [2.75, 3.05) is 6.61 Å². The van der Waals surface area contributed by atoms with E-state index in [4.69, 9.17) is 14.4 Å². The molecule has 1 unspecified atom stereocenters. The molecule has 0 aliphatic rings. The van der Waals surface area contributed by atoms with Crippen LogP contribution in [0.5, 0.6) is 0 Å². The molecular formula is C18H15NO5. The van der Waals surface area contributed by atoms with Gasteiger partial charge in [0.1, 0.15) is 0 Å². The first-order chi connectivity index (χ1) is 11.6. The summed E-state index contributed by atoms with van der Waals surface area (Å²) in [7, 11) is 0. The number of nitriles is 1. The quantitative estimate of drug-likeness (QED) is 0.441. The number of carbonyl (C=O) groups is 3. The van der Waals surface area contributed by atoms with E-state index in [1.165, 1.54) is 24.5 Å². The Bertz CT molecular complexity index is 769. The SMILES string of the molecule is CCOC(=O)C(=O)C(CC(=O)c1ccco1)c1ccc(C#N)cc1. The zero-order valence-corrected chi connectivity index (χ0v) is 13.0. The topological polar surface area (TPSA) is 97.4 Å². The molecule has 1 aromatic heterocycles. The minimum Gasteiger partial charge on any atom is -0.461 e. The number of nitrogens with zero attached hydrogens (tertiary/aromatic N) is 1. The Kier molecular flexibility index (Phi) is 5.63. The summed E-state index contributed by atoms with van der Waals surface area (Å²) in [6, 6.07) is 11.2. The number of furan rings is 1. The van der Waals surface area contributed by atoms with E-state index >= 15 is 0 Å². The summed E-state index contributed by atoms with van der Waals surface area (Å²) in [5.41, 5.74) is 0.880. The van der Waals surface area contributed by atoms with Crippen LogP contribution in [0.3, 0.4) is 0 Å². The molecule has 2 rings (SSSR count). The molecule has 1 heterocycles. The molecule has 1 atom stereocenters. The second kappa shape index (κ2) is 7.88. The Morgan fingerprint density at radius 2 is 1.92 bits per heavy atom. The molecule has 0 fully saturated rings. The van der Waals surface area contributed by atoms with Crippen LogP contribution in [-0.2, 0) is 14.3 Å². The van der Waals surface area contributed by atoms with E-state index < -0.39 is 23.5 Å². The minimum atomic E-state index is -0.991. The highest BCUT2D eigenvalue weighted by Gasteiger charge is 2.31. The van der Waals surface area contributed by atoms with Gasteiger partial charge in [-0.25, -0.2) is 4.79 Å². The molecule has 6 nitrogen and oxygen atoms in total. The summed E-state index contributed by atoms with van der Waals surface area (Å²) < 4.78 is 9.78. The van der Waals surface area contributed by atoms with Gasteiger partial charge in [0, 0.05) is 6.42 Å². The molecule has 0 amide bonds. The van der Waals surface area contributed by atoms with Crippen molar-refractivity contribution >= 4 is 17.5 Å². The van der Waals surface area contributed by atoms with Gasteiger partial charge in [-0.3, -0.25) is 9.59 Å².